The third-order valence-electron chi connectivity index (χ3n) is 4.40. The van der Waals surface area contributed by atoms with Crippen LogP contribution in [-0.2, 0) is 6.42 Å². The molecule has 1 N–H and O–H groups in total. The zero-order chi connectivity index (χ0) is 18.4. The van der Waals surface area contributed by atoms with Gasteiger partial charge in [0.05, 0.1) is 21.4 Å². The minimum absolute atomic E-state index is 0. The Labute approximate surface area is 187 Å². The van der Waals surface area contributed by atoms with Gasteiger partial charge >= 0.3 is 0 Å². The van der Waals surface area contributed by atoms with Crippen molar-refractivity contribution in [3.63, 3.8) is 0 Å². The third-order valence-corrected chi connectivity index (χ3v) is 5.55. The highest BCUT2D eigenvalue weighted by molar-refractivity contribution is 14.0. The number of para-hydroxylation sites is 1. The molecule has 0 saturated carbocycles. The Morgan fingerprint density at radius 1 is 1.26 bits per heavy atom. The molecule has 0 bridgehead atoms. The maximum Gasteiger partial charge on any atom is 0.194 e. The Kier molecular flexibility index (Phi) is 9.11. The average molecular weight is 520 g/mol. The first-order valence-corrected chi connectivity index (χ1v) is 10.4. The van der Waals surface area contributed by atoms with Crippen molar-refractivity contribution < 1.29 is 0 Å². The number of anilines is 1. The van der Waals surface area contributed by atoms with Gasteiger partial charge in [-0.2, -0.15) is 0 Å². The van der Waals surface area contributed by atoms with Gasteiger partial charge < -0.3 is 15.1 Å². The van der Waals surface area contributed by atoms with Crippen molar-refractivity contribution in [3.8, 4) is 0 Å². The summed E-state index contributed by atoms with van der Waals surface area (Å²) in [4.78, 5) is 14.0. The molecule has 0 aliphatic carbocycles. The highest BCUT2D eigenvalue weighted by Gasteiger charge is 2.20. The summed E-state index contributed by atoms with van der Waals surface area (Å²) in [5.41, 5.74) is 2.25. The number of thiazole rings is 1. The van der Waals surface area contributed by atoms with E-state index in [0.29, 0.717) is 0 Å². The summed E-state index contributed by atoms with van der Waals surface area (Å²) in [6, 6.07) is 8.06. The summed E-state index contributed by atoms with van der Waals surface area (Å²) in [6.45, 7) is 9.55. The van der Waals surface area contributed by atoms with Crippen molar-refractivity contribution in [2.75, 3.05) is 44.2 Å². The van der Waals surface area contributed by atoms with Crippen LogP contribution in [0.25, 0.3) is 0 Å². The van der Waals surface area contributed by atoms with Gasteiger partial charge in [0.15, 0.2) is 5.96 Å². The molecule has 1 aliphatic rings. The maximum absolute atomic E-state index is 6.34. The molecule has 0 unspecified atom stereocenters. The minimum Gasteiger partial charge on any atom is -0.367 e. The quantitative estimate of drug-likeness (QED) is 0.368. The fraction of sp³-hybridized carbons (Fsp3) is 0.474. The molecular weight excluding hydrogens is 493 g/mol. The fourth-order valence-corrected chi connectivity index (χ4v) is 3.99. The van der Waals surface area contributed by atoms with Crippen molar-refractivity contribution in [1.82, 2.24) is 15.2 Å². The fourth-order valence-electron chi connectivity index (χ4n) is 3.09. The van der Waals surface area contributed by atoms with Crippen LogP contribution in [0.2, 0.25) is 5.02 Å². The highest BCUT2D eigenvalue weighted by atomic mass is 127. The number of guanidine groups is 1. The molecule has 0 radical (unpaired) electrons. The van der Waals surface area contributed by atoms with Crippen LogP contribution in [0, 0.1) is 6.92 Å². The Bertz CT molecular complexity index is 743. The van der Waals surface area contributed by atoms with Gasteiger partial charge in [-0.15, -0.1) is 35.3 Å². The number of aromatic nitrogens is 1. The number of benzene rings is 1. The molecule has 1 aromatic heterocycles. The van der Waals surface area contributed by atoms with E-state index in [4.69, 9.17) is 16.6 Å². The van der Waals surface area contributed by atoms with Crippen LogP contribution in [0.3, 0.4) is 0 Å². The lowest BCUT2D eigenvalue weighted by molar-refractivity contribution is 0.372. The average Bonchev–Trinajstić information content (AvgIpc) is 3.07. The van der Waals surface area contributed by atoms with Gasteiger partial charge in [0.25, 0.3) is 0 Å². The molecule has 3 rings (SSSR count). The molecule has 0 amide bonds. The van der Waals surface area contributed by atoms with E-state index >= 15 is 0 Å². The molecule has 1 fully saturated rings. The van der Waals surface area contributed by atoms with E-state index in [1.54, 1.807) is 11.3 Å². The van der Waals surface area contributed by atoms with Crippen molar-refractivity contribution in [3.05, 3.63) is 45.4 Å². The third kappa shape index (κ3) is 6.22. The molecule has 148 valence electrons. The van der Waals surface area contributed by atoms with E-state index < -0.39 is 0 Å². The summed E-state index contributed by atoms with van der Waals surface area (Å²) in [7, 11) is 0. The molecule has 0 atom stereocenters. The Balaban J connectivity index is 0.00000261. The first-order chi connectivity index (χ1) is 12.7. The van der Waals surface area contributed by atoms with Crippen LogP contribution >= 0.6 is 46.9 Å². The van der Waals surface area contributed by atoms with Gasteiger partial charge in [0.1, 0.15) is 0 Å². The summed E-state index contributed by atoms with van der Waals surface area (Å²) < 4.78 is 0. The first-order valence-electron chi connectivity index (χ1n) is 9.11. The van der Waals surface area contributed by atoms with Crippen LogP contribution in [0.1, 0.15) is 17.6 Å². The standard InChI is InChI=1S/C19H26ClN5S.HI/c1-3-21-19(22-9-8-16-14-26-15(2)23-16)25-12-10-24(11-13-25)18-7-5-4-6-17(18)20;/h4-7,14H,3,8-13H2,1-2H3,(H,21,22);1H. The van der Waals surface area contributed by atoms with Gasteiger partial charge in [0.2, 0.25) is 0 Å². The number of halogens is 2. The topological polar surface area (TPSA) is 43.8 Å². The summed E-state index contributed by atoms with van der Waals surface area (Å²) in [5, 5.41) is 7.49. The van der Waals surface area contributed by atoms with Crippen molar-refractivity contribution >= 4 is 58.6 Å². The molecule has 5 nitrogen and oxygen atoms in total. The lowest BCUT2D eigenvalue weighted by Gasteiger charge is -2.38. The molecule has 1 aliphatic heterocycles. The zero-order valence-corrected chi connectivity index (χ0v) is 19.7. The van der Waals surface area contributed by atoms with Crippen LogP contribution in [0.15, 0.2) is 34.6 Å². The van der Waals surface area contributed by atoms with Crippen LogP contribution in [0.4, 0.5) is 5.69 Å². The van der Waals surface area contributed by atoms with Gasteiger partial charge in [-0.25, -0.2) is 4.98 Å². The summed E-state index contributed by atoms with van der Waals surface area (Å²) in [6.07, 6.45) is 0.888. The van der Waals surface area contributed by atoms with Crippen molar-refractivity contribution in [2.45, 2.75) is 20.3 Å². The predicted octanol–water partition coefficient (Wildman–Crippen LogP) is 4.05. The normalized spacial score (nSPS) is 14.9. The minimum atomic E-state index is 0. The number of nitrogens with one attached hydrogen (secondary N) is 1. The van der Waals surface area contributed by atoms with Crippen molar-refractivity contribution in [1.29, 1.82) is 0 Å². The second-order valence-electron chi connectivity index (χ2n) is 6.27. The lowest BCUT2D eigenvalue weighted by atomic mass is 10.2. The Morgan fingerprint density at radius 2 is 2.00 bits per heavy atom. The van der Waals surface area contributed by atoms with Crippen molar-refractivity contribution in [2.24, 2.45) is 4.99 Å². The molecule has 0 spiro atoms. The smallest absolute Gasteiger partial charge is 0.194 e. The van der Waals surface area contributed by atoms with Crippen LogP contribution < -0.4 is 10.2 Å². The highest BCUT2D eigenvalue weighted by Crippen LogP contribution is 2.26. The van der Waals surface area contributed by atoms with Gasteiger partial charge in [-0.1, -0.05) is 23.7 Å². The largest absolute Gasteiger partial charge is 0.367 e. The number of hydrogen-bond donors (Lipinski definition) is 1. The second kappa shape index (κ2) is 11.1. The number of nitrogens with zero attached hydrogens (tertiary/aromatic N) is 4. The summed E-state index contributed by atoms with van der Waals surface area (Å²) in [5.74, 6) is 0.998. The predicted molar refractivity (Wildman–Crippen MR) is 127 cm³/mol. The molecule has 1 saturated heterocycles. The number of rotatable bonds is 5. The zero-order valence-electron chi connectivity index (χ0n) is 15.8. The number of piperazine rings is 1. The molecule has 27 heavy (non-hydrogen) atoms. The maximum atomic E-state index is 6.34. The first kappa shape index (κ1) is 22.2. The molecular formula is C19H27ClIN5S. The number of hydrogen-bond acceptors (Lipinski definition) is 4. The van der Waals surface area contributed by atoms with E-state index in [0.717, 1.165) is 73.1 Å². The van der Waals surface area contributed by atoms with E-state index in [1.807, 2.05) is 25.1 Å². The monoisotopic (exact) mass is 519 g/mol. The van der Waals surface area contributed by atoms with Crippen LogP contribution in [-0.4, -0.2) is 55.1 Å². The van der Waals surface area contributed by atoms with E-state index in [9.17, 15) is 0 Å². The van der Waals surface area contributed by atoms with Gasteiger partial charge in [-0.05, 0) is 26.0 Å². The molecule has 2 heterocycles. The SMILES string of the molecule is CCNC(=NCCc1csc(C)n1)N1CCN(c2ccccc2Cl)CC1.I. The second-order valence-corrected chi connectivity index (χ2v) is 7.74. The molecule has 2 aromatic rings. The number of aryl methyl sites for hydroxylation is 1. The Morgan fingerprint density at radius 3 is 2.63 bits per heavy atom. The lowest BCUT2D eigenvalue weighted by Crippen LogP contribution is -2.52. The van der Waals surface area contributed by atoms with Gasteiger partial charge in [-0.3, -0.25) is 4.99 Å². The van der Waals surface area contributed by atoms with E-state index in [1.165, 1.54) is 0 Å². The summed E-state index contributed by atoms with van der Waals surface area (Å²) >= 11 is 8.04. The van der Waals surface area contributed by atoms with E-state index in [-0.39, 0.29) is 24.0 Å². The number of aliphatic imine (C=N–C) groups is 1. The Hall–Kier alpha value is -1.06. The van der Waals surface area contributed by atoms with E-state index in [2.05, 4.69) is 38.5 Å². The van der Waals surface area contributed by atoms with Crippen LogP contribution in [0.5, 0.6) is 0 Å². The van der Waals surface area contributed by atoms with Gasteiger partial charge in [0, 0.05) is 51.1 Å². The molecule has 8 heteroatoms. The molecule has 1 aromatic carbocycles.